The fraction of sp³-hybridized carbons (Fsp3) is 0.273. The van der Waals surface area contributed by atoms with E-state index in [2.05, 4.69) is 5.32 Å². The van der Waals surface area contributed by atoms with E-state index in [9.17, 15) is 4.79 Å². The topological polar surface area (TPSA) is 42.0 Å². The quantitative estimate of drug-likeness (QED) is 0.579. The van der Waals surface area contributed by atoms with E-state index in [1.807, 2.05) is 54.6 Å². The van der Waals surface area contributed by atoms with Crippen molar-refractivity contribution in [1.29, 1.82) is 0 Å². The molecule has 0 bridgehead atoms. The molecule has 27 heavy (non-hydrogen) atoms. The minimum atomic E-state index is -0.00143. The van der Waals surface area contributed by atoms with Crippen molar-refractivity contribution in [3.63, 3.8) is 0 Å². The number of amides is 1. The van der Waals surface area contributed by atoms with E-state index in [0.717, 1.165) is 33.7 Å². The van der Waals surface area contributed by atoms with Gasteiger partial charge in [0.25, 0.3) is 5.91 Å². The summed E-state index contributed by atoms with van der Waals surface area (Å²) in [6.07, 6.45) is 5.80. The molecule has 0 aliphatic heterocycles. The van der Waals surface area contributed by atoms with Crippen LogP contribution < -0.4 is 5.32 Å². The molecule has 1 saturated carbocycles. The molecule has 5 heteroatoms. The Kier molecular flexibility index (Phi) is 5.65. The lowest BCUT2D eigenvalue weighted by molar-refractivity contribution is 0.0929. The standard InChI is InChI=1S/C22H21ClN2OS/c23-15-10-12-17(13-11-15)27-21-14-19(18-8-4-5-9-20(18)25-21)22(26)24-16-6-2-1-3-7-16/h4-5,8-14,16H,1-3,6-7H2,(H,24,26). The molecule has 1 amide bonds. The van der Waals surface area contributed by atoms with Crippen LogP contribution in [-0.2, 0) is 0 Å². The van der Waals surface area contributed by atoms with Crippen molar-refractivity contribution in [3.8, 4) is 0 Å². The van der Waals surface area contributed by atoms with Gasteiger partial charge in [-0.05, 0) is 49.2 Å². The first kappa shape index (κ1) is 18.3. The fourth-order valence-corrected chi connectivity index (χ4v) is 4.49. The number of nitrogens with zero attached hydrogens (tertiary/aromatic N) is 1. The Hall–Kier alpha value is -2.04. The van der Waals surface area contributed by atoms with Gasteiger partial charge < -0.3 is 5.32 Å². The number of hydrogen-bond donors (Lipinski definition) is 1. The van der Waals surface area contributed by atoms with E-state index in [0.29, 0.717) is 10.6 Å². The molecule has 1 aromatic heterocycles. The summed E-state index contributed by atoms with van der Waals surface area (Å²) in [5.41, 5.74) is 1.54. The van der Waals surface area contributed by atoms with E-state index in [-0.39, 0.29) is 11.9 Å². The van der Waals surface area contributed by atoms with Gasteiger partial charge in [0, 0.05) is 21.3 Å². The predicted molar refractivity (Wildman–Crippen MR) is 112 cm³/mol. The van der Waals surface area contributed by atoms with Crippen LogP contribution in [0.4, 0.5) is 0 Å². The Labute approximate surface area is 168 Å². The van der Waals surface area contributed by atoms with Gasteiger partial charge in [-0.3, -0.25) is 4.79 Å². The Morgan fingerprint density at radius 2 is 1.78 bits per heavy atom. The molecule has 1 aliphatic carbocycles. The number of nitrogens with one attached hydrogen (secondary N) is 1. The third-order valence-corrected chi connectivity index (χ3v) is 6.09. The summed E-state index contributed by atoms with van der Waals surface area (Å²) in [7, 11) is 0. The van der Waals surface area contributed by atoms with Gasteiger partial charge >= 0.3 is 0 Å². The summed E-state index contributed by atoms with van der Waals surface area (Å²) in [6.45, 7) is 0. The minimum Gasteiger partial charge on any atom is -0.349 e. The number of para-hydroxylation sites is 1. The number of pyridine rings is 1. The van der Waals surface area contributed by atoms with E-state index < -0.39 is 0 Å². The summed E-state index contributed by atoms with van der Waals surface area (Å²) >= 11 is 7.51. The van der Waals surface area contributed by atoms with Crippen LogP contribution in [0.5, 0.6) is 0 Å². The summed E-state index contributed by atoms with van der Waals surface area (Å²) in [6, 6.07) is 17.7. The third-order valence-electron chi connectivity index (χ3n) is 4.91. The monoisotopic (exact) mass is 396 g/mol. The lowest BCUT2D eigenvalue weighted by Gasteiger charge is -2.23. The molecule has 3 nitrogen and oxygen atoms in total. The van der Waals surface area contributed by atoms with Crippen LogP contribution in [0.15, 0.2) is 64.5 Å². The molecular formula is C22H21ClN2OS. The van der Waals surface area contributed by atoms with Crippen molar-refractivity contribution in [1.82, 2.24) is 10.3 Å². The van der Waals surface area contributed by atoms with Gasteiger partial charge in [0.05, 0.1) is 11.1 Å². The van der Waals surface area contributed by atoms with Crippen molar-refractivity contribution in [3.05, 3.63) is 65.2 Å². The lowest BCUT2D eigenvalue weighted by atomic mass is 9.95. The molecular weight excluding hydrogens is 376 g/mol. The smallest absolute Gasteiger partial charge is 0.252 e. The number of benzene rings is 2. The molecule has 1 fully saturated rings. The average Bonchev–Trinajstić information content (AvgIpc) is 2.70. The molecule has 3 aromatic rings. The largest absolute Gasteiger partial charge is 0.349 e. The van der Waals surface area contributed by atoms with E-state index in [1.165, 1.54) is 31.0 Å². The van der Waals surface area contributed by atoms with Gasteiger partial charge in [-0.25, -0.2) is 4.98 Å². The first-order valence-corrected chi connectivity index (χ1v) is 10.5. The van der Waals surface area contributed by atoms with Crippen LogP contribution in [-0.4, -0.2) is 16.9 Å². The molecule has 1 aliphatic rings. The molecule has 0 radical (unpaired) electrons. The van der Waals surface area contributed by atoms with Crippen molar-refractivity contribution >= 4 is 40.2 Å². The van der Waals surface area contributed by atoms with Crippen LogP contribution in [0.3, 0.4) is 0 Å². The highest BCUT2D eigenvalue weighted by Crippen LogP contribution is 2.30. The predicted octanol–water partition coefficient (Wildman–Crippen LogP) is 6.10. The number of rotatable bonds is 4. The Morgan fingerprint density at radius 3 is 2.56 bits per heavy atom. The Bertz CT molecular complexity index is 952. The average molecular weight is 397 g/mol. The van der Waals surface area contributed by atoms with Gasteiger partial charge in [-0.2, -0.15) is 0 Å². The zero-order valence-corrected chi connectivity index (χ0v) is 16.5. The van der Waals surface area contributed by atoms with Crippen LogP contribution in [0.2, 0.25) is 5.02 Å². The molecule has 1 N–H and O–H groups in total. The summed E-state index contributed by atoms with van der Waals surface area (Å²) in [4.78, 5) is 18.8. The summed E-state index contributed by atoms with van der Waals surface area (Å²) in [5.74, 6) is -0.00143. The van der Waals surface area contributed by atoms with Crippen LogP contribution in [0.1, 0.15) is 42.5 Å². The number of carbonyl (C=O) groups is 1. The number of aromatic nitrogens is 1. The van der Waals surface area contributed by atoms with Crippen molar-refractivity contribution in [2.45, 2.75) is 48.1 Å². The third kappa shape index (κ3) is 4.45. The first-order chi connectivity index (χ1) is 13.2. The zero-order chi connectivity index (χ0) is 18.6. The van der Waals surface area contributed by atoms with Crippen molar-refractivity contribution in [2.24, 2.45) is 0 Å². The molecule has 0 saturated heterocycles. The van der Waals surface area contributed by atoms with Gasteiger partial charge in [0.2, 0.25) is 0 Å². The molecule has 4 rings (SSSR count). The maximum atomic E-state index is 13.0. The Morgan fingerprint density at radius 1 is 1.04 bits per heavy atom. The highest BCUT2D eigenvalue weighted by molar-refractivity contribution is 7.99. The molecule has 0 spiro atoms. The second-order valence-corrected chi connectivity index (χ2v) is 8.42. The fourth-order valence-electron chi connectivity index (χ4n) is 3.52. The summed E-state index contributed by atoms with van der Waals surface area (Å²) < 4.78 is 0. The molecule has 138 valence electrons. The van der Waals surface area contributed by atoms with E-state index in [1.54, 1.807) is 0 Å². The van der Waals surface area contributed by atoms with Crippen LogP contribution >= 0.6 is 23.4 Å². The SMILES string of the molecule is O=C(NC1CCCCC1)c1cc(Sc2ccc(Cl)cc2)nc2ccccc12. The normalized spacial score (nSPS) is 15.0. The second kappa shape index (κ2) is 8.32. The molecule has 1 heterocycles. The number of halogens is 1. The Balaban J connectivity index is 1.65. The van der Waals surface area contributed by atoms with Gasteiger partial charge in [0.1, 0.15) is 5.03 Å². The van der Waals surface area contributed by atoms with Crippen molar-refractivity contribution in [2.75, 3.05) is 0 Å². The molecule has 0 atom stereocenters. The van der Waals surface area contributed by atoms with E-state index >= 15 is 0 Å². The molecule has 2 aromatic carbocycles. The second-order valence-electron chi connectivity index (χ2n) is 6.89. The lowest BCUT2D eigenvalue weighted by Crippen LogP contribution is -2.36. The van der Waals surface area contributed by atoms with Gasteiger partial charge in [-0.1, -0.05) is 60.8 Å². The number of hydrogen-bond acceptors (Lipinski definition) is 3. The van der Waals surface area contributed by atoms with Gasteiger partial charge in [0.15, 0.2) is 0 Å². The zero-order valence-electron chi connectivity index (χ0n) is 15.0. The van der Waals surface area contributed by atoms with Crippen molar-refractivity contribution < 1.29 is 4.79 Å². The maximum Gasteiger partial charge on any atom is 0.252 e. The highest BCUT2D eigenvalue weighted by atomic mass is 35.5. The molecule has 0 unspecified atom stereocenters. The number of fused-ring (bicyclic) bond motifs is 1. The maximum absolute atomic E-state index is 13.0. The summed E-state index contributed by atoms with van der Waals surface area (Å²) in [5, 5.41) is 5.64. The van der Waals surface area contributed by atoms with Gasteiger partial charge in [-0.15, -0.1) is 0 Å². The minimum absolute atomic E-state index is 0.00143. The first-order valence-electron chi connectivity index (χ1n) is 9.33. The van der Waals surface area contributed by atoms with Crippen LogP contribution in [0, 0.1) is 0 Å². The van der Waals surface area contributed by atoms with E-state index in [4.69, 9.17) is 16.6 Å². The number of carbonyl (C=O) groups excluding carboxylic acids is 1. The van der Waals surface area contributed by atoms with Crippen LogP contribution in [0.25, 0.3) is 10.9 Å². The highest BCUT2D eigenvalue weighted by Gasteiger charge is 2.19.